The zero-order valence-corrected chi connectivity index (χ0v) is 13.7. The van der Waals surface area contributed by atoms with E-state index in [1.807, 2.05) is 6.92 Å². The summed E-state index contributed by atoms with van der Waals surface area (Å²) in [5.74, 6) is 0.175. The summed E-state index contributed by atoms with van der Waals surface area (Å²) in [6.07, 6.45) is 0. The maximum absolute atomic E-state index is 12.1. The van der Waals surface area contributed by atoms with Gasteiger partial charge >= 0.3 is 0 Å². The first kappa shape index (κ1) is 16.5. The van der Waals surface area contributed by atoms with Crippen LogP contribution in [0, 0.1) is 5.92 Å². The van der Waals surface area contributed by atoms with E-state index in [1.54, 1.807) is 18.2 Å². The van der Waals surface area contributed by atoms with Crippen molar-refractivity contribution in [2.24, 2.45) is 5.92 Å². The quantitative estimate of drug-likeness (QED) is 0.847. The van der Waals surface area contributed by atoms with Crippen LogP contribution in [-0.4, -0.2) is 25.2 Å². The first-order chi connectivity index (χ1) is 8.95. The number of carbonyl (C=O) groups is 1. The van der Waals surface area contributed by atoms with Gasteiger partial charge in [-0.25, -0.2) is 0 Å². The molecule has 0 bridgehead atoms. The molecule has 1 atom stereocenters. The van der Waals surface area contributed by atoms with Gasteiger partial charge in [-0.3, -0.25) is 4.79 Å². The van der Waals surface area contributed by atoms with Crippen LogP contribution >= 0.6 is 27.5 Å². The molecule has 0 fully saturated rings. The standard InChI is InChI=1S/C14H19BrClNO2/c1-4-19-8-13(9(2)3)17-14(18)10-5-6-11(15)12(16)7-10/h5-7,9,13H,4,8H2,1-3H3,(H,17,18). The Morgan fingerprint density at radius 3 is 2.68 bits per heavy atom. The van der Waals surface area contributed by atoms with Gasteiger partial charge in [-0.2, -0.15) is 0 Å². The fourth-order valence-electron chi connectivity index (χ4n) is 1.53. The highest BCUT2D eigenvalue weighted by atomic mass is 79.9. The van der Waals surface area contributed by atoms with Crippen LogP contribution in [0.5, 0.6) is 0 Å². The van der Waals surface area contributed by atoms with Crippen LogP contribution in [0.25, 0.3) is 0 Å². The molecule has 1 aromatic carbocycles. The molecular weight excluding hydrogens is 330 g/mol. The monoisotopic (exact) mass is 347 g/mol. The fourth-order valence-corrected chi connectivity index (χ4v) is 1.96. The third kappa shape index (κ3) is 5.13. The Balaban J connectivity index is 2.73. The maximum atomic E-state index is 12.1. The van der Waals surface area contributed by atoms with Gasteiger partial charge in [0.15, 0.2) is 0 Å². The minimum Gasteiger partial charge on any atom is -0.380 e. The molecule has 0 aliphatic carbocycles. The number of nitrogens with one attached hydrogen (secondary N) is 1. The molecule has 1 amide bonds. The third-order valence-corrected chi connectivity index (χ3v) is 4.04. The minimum atomic E-state index is -0.132. The molecule has 0 spiro atoms. The Bertz CT molecular complexity index is 437. The number of hydrogen-bond acceptors (Lipinski definition) is 2. The van der Waals surface area contributed by atoms with Crippen LogP contribution in [0.15, 0.2) is 22.7 Å². The predicted octanol–water partition coefficient (Wildman–Crippen LogP) is 3.89. The van der Waals surface area contributed by atoms with Gasteiger partial charge in [-0.1, -0.05) is 25.4 Å². The van der Waals surface area contributed by atoms with Crippen LogP contribution in [0.1, 0.15) is 31.1 Å². The molecule has 1 unspecified atom stereocenters. The Kier molecular flexibility index (Phi) is 6.83. The lowest BCUT2D eigenvalue weighted by molar-refractivity contribution is 0.0806. The van der Waals surface area contributed by atoms with Crippen molar-refractivity contribution in [1.29, 1.82) is 0 Å². The molecule has 0 heterocycles. The van der Waals surface area contributed by atoms with Crippen LogP contribution in [0.4, 0.5) is 0 Å². The molecule has 106 valence electrons. The van der Waals surface area contributed by atoms with Crippen LogP contribution < -0.4 is 5.32 Å². The summed E-state index contributed by atoms with van der Waals surface area (Å²) in [7, 11) is 0. The Morgan fingerprint density at radius 2 is 2.16 bits per heavy atom. The lowest BCUT2D eigenvalue weighted by Gasteiger charge is -2.22. The van der Waals surface area contributed by atoms with Crippen molar-refractivity contribution in [3.05, 3.63) is 33.3 Å². The van der Waals surface area contributed by atoms with E-state index in [2.05, 4.69) is 35.1 Å². The summed E-state index contributed by atoms with van der Waals surface area (Å²) in [4.78, 5) is 12.1. The van der Waals surface area contributed by atoms with E-state index in [9.17, 15) is 4.79 Å². The smallest absolute Gasteiger partial charge is 0.251 e. The zero-order valence-electron chi connectivity index (χ0n) is 11.4. The molecule has 0 radical (unpaired) electrons. The maximum Gasteiger partial charge on any atom is 0.251 e. The van der Waals surface area contributed by atoms with E-state index < -0.39 is 0 Å². The molecule has 0 saturated heterocycles. The summed E-state index contributed by atoms with van der Waals surface area (Å²) < 4.78 is 6.17. The van der Waals surface area contributed by atoms with Gasteiger partial charge in [0.1, 0.15) is 0 Å². The van der Waals surface area contributed by atoms with E-state index >= 15 is 0 Å². The van der Waals surface area contributed by atoms with Crippen molar-refractivity contribution >= 4 is 33.4 Å². The molecule has 0 aliphatic rings. The van der Waals surface area contributed by atoms with Crippen LogP contribution in [0.2, 0.25) is 5.02 Å². The predicted molar refractivity (Wildman–Crippen MR) is 81.7 cm³/mol. The first-order valence-electron chi connectivity index (χ1n) is 6.29. The Labute approximate surface area is 127 Å². The summed E-state index contributed by atoms with van der Waals surface area (Å²) in [5.41, 5.74) is 0.551. The van der Waals surface area contributed by atoms with Crippen molar-refractivity contribution < 1.29 is 9.53 Å². The van der Waals surface area contributed by atoms with Crippen molar-refractivity contribution in [2.75, 3.05) is 13.2 Å². The molecule has 1 rings (SSSR count). The van der Waals surface area contributed by atoms with Gasteiger partial charge in [0, 0.05) is 16.6 Å². The summed E-state index contributed by atoms with van der Waals surface area (Å²) >= 11 is 9.29. The lowest BCUT2D eigenvalue weighted by atomic mass is 10.0. The second-order valence-corrected chi connectivity index (χ2v) is 5.87. The minimum absolute atomic E-state index is 0.00475. The summed E-state index contributed by atoms with van der Waals surface area (Å²) in [5, 5.41) is 3.50. The van der Waals surface area contributed by atoms with Gasteiger partial charge in [-0.15, -0.1) is 0 Å². The van der Waals surface area contributed by atoms with Gasteiger partial charge in [-0.05, 0) is 47.0 Å². The van der Waals surface area contributed by atoms with Gasteiger partial charge in [0.05, 0.1) is 17.7 Å². The highest BCUT2D eigenvalue weighted by Crippen LogP contribution is 2.23. The number of carbonyl (C=O) groups excluding carboxylic acids is 1. The van der Waals surface area contributed by atoms with Gasteiger partial charge < -0.3 is 10.1 Å². The molecule has 1 N–H and O–H groups in total. The summed E-state index contributed by atoms with van der Waals surface area (Å²) in [6, 6.07) is 5.15. The number of halogens is 2. The van der Waals surface area contributed by atoms with E-state index in [0.29, 0.717) is 29.7 Å². The van der Waals surface area contributed by atoms with Crippen LogP contribution in [0.3, 0.4) is 0 Å². The molecule has 19 heavy (non-hydrogen) atoms. The highest BCUT2D eigenvalue weighted by Gasteiger charge is 2.17. The number of rotatable bonds is 6. The van der Waals surface area contributed by atoms with E-state index in [4.69, 9.17) is 16.3 Å². The Morgan fingerprint density at radius 1 is 1.47 bits per heavy atom. The van der Waals surface area contributed by atoms with Crippen molar-refractivity contribution in [3.8, 4) is 0 Å². The van der Waals surface area contributed by atoms with E-state index in [-0.39, 0.29) is 11.9 Å². The molecular formula is C14H19BrClNO2. The van der Waals surface area contributed by atoms with Crippen molar-refractivity contribution in [2.45, 2.75) is 26.8 Å². The highest BCUT2D eigenvalue weighted by molar-refractivity contribution is 9.10. The first-order valence-corrected chi connectivity index (χ1v) is 7.46. The van der Waals surface area contributed by atoms with Gasteiger partial charge in [0.2, 0.25) is 0 Å². The number of benzene rings is 1. The number of hydrogen-bond donors (Lipinski definition) is 1. The van der Waals surface area contributed by atoms with Crippen molar-refractivity contribution in [1.82, 2.24) is 5.32 Å². The molecule has 0 aromatic heterocycles. The summed E-state index contributed by atoms with van der Waals surface area (Å²) in [6.45, 7) is 7.21. The SMILES string of the molecule is CCOCC(NC(=O)c1ccc(Br)c(Cl)c1)C(C)C. The Hall–Kier alpha value is -0.580. The average molecular weight is 349 g/mol. The third-order valence-electron chi connectivity index (χ3n) is 2.80. The molecule has 5 heteroatoms. The largest absolute Gasteiger partial charge is 0.380 e. The lowest BCUT2D eigenvalue weighted by Crippen LogP contribution is -2.41. The molecule has 1 aromatic rings. The van der Waals surface area contributed by atoms with E-state index in [0.717, 1.165) is 4.47 Å². The number of amides is 1. The fraction of sp³-hybridized carbons (Fsp3) is 0.500. The molecule has 0 aliphatic heterocycles. The second-order valence-electron chi connectivity index (χ2n) is 4.61. The second kappa shape index (κ2) is 7.88. The topological polar surface area (TPSA) is 38.3 Å². The van der Waals surface area contributed by atoms with Crippen molar-refractivity contribution in [3.63, 3.8) is 0 Å². The van der Waals surface area contributed by atoms with Crippen LogP contribution in [-0.2, 0) is 4.74 Å². The average Bonchev–Trinajstić information content (AvgIpc) is 2.37. The van der Waals surface area contributed by atoms with E-state index in [1.165, 1.54) is 0 Å². The molecule has 0 saturated carbocycles. The number of ether oxygens (including phenoxy) is 1. The zero-order chi connectivity index (χ0) is 14.4. The molecule has 3 nitrogen and oxygen atoms in total. The van der Waals surface area contributed by atoms with Gasteiger partial charge in [0.25, 0.3) is 5.91 Å². The normalized spacial score (nSPS) is 12.5.